The van der Waals surface area contributed by atoms with Gasteiger partial charge in [0.2, 0.25) is 5.91 Å². The van der Waals surface area contributed by atoms with Crippen LogP contribution in [0.1, 0.15) is 43.5 Å². The van der Waals surface area contributed by atoms with Crippen molar-refractivity contribution in [1.82, 2.24) is 14.9 Å². The molecule has 0 radical (unpaired) electrons. The van der Waals surface area contributed by atoms with E-state index < -0.39 is 0 Å². The summed E-state index contributed by atoms with van der Waals surface area (Å²) in [5.74, 6) is 0.732. The van der Waals surface area contributed by atoms with Crippen LogP contribution in [0.4, 0.5) is 0 Å². The maximum Gasteiger partial charge on any atom is 0.254 e. The zero-order chi connectivity index (χ0) is 18.4. The molecule has 6 heteroatoms. The summed E-state index contributed by atoms with van der Waals surface area (Å²) in [4.78, 5) is 29.2. The Labute approximate surface area is 158 Å². The van der Waals surface area contributed by atoms with Crippen molar-refractivity contribution < 1.29 is 4.79 Å². The average Bonchev–Trinajstić information content (AvgIpc) is 3.03. The summed E-state index contributed by atoms with van der Waals surface area (Å²) in [5, 5.41) is 3.73. The minimum absolute atomic E-state index is 0.000969. The Hall–Kier alpha value is -2.08. The summed E-state index contributed by atoms with van der Waals surface area (Å²) >= 11 is 1.57. The molecule has 1 aliphatic rings. The number of amides is 1. The van der Waals surface area contributed by atoms with Crippen LogP contribution in [-0.2, 0) is 17.6 Å². The van der Waals surface area contributed by atoms with Crippen molar-refractivity contribution in [3.8, 4) is 0 Å². The second-order valence-electron chi connectivity index (χ2n) is 6.60. The lowest BCUT2D eigenvalue weighted by molar-refractivity contribution is -0.121. The Morgan fingerprint density at radius 2 is 2.12 bits per heavy atom. The molecule has 0 fully saturated rings. The molecule has 26 heavy (non-hydrogen) atoms. The zero-order valence-corrected chi connectivity index (χ0v) is 15.9. The van der Waals surface area contributed by atoms with Crippen molar-refractivity contribution in [3.63, 3.8) is 0 Å². The van der Waals surface area contributed by atoms with E-state index in [4.69, 9.17) is 0 Å². The maximum absolute atomic E-state index is 12.4. The van der Waals surface area contributed by atoms with Gasteiger partial charge in [0.1, 0.15) is 0 Å². The number of hydrogen-bond acceptors (Lipinski definition) is 4. The molecule has 0 aliphatic carbocycles. The topological polar surface area (TPSA) is 64.0 Å². The van der Waals surface area contributed by atoms with E-state index in [2.05, 4.69) is 29.4 Å². The Balaban J connectivity index is 1.50. The van der Waals surface area contributed by atoms with Gasteiger partial charge < -0.3 is 5.32 Å². The van der Waals surface area contributed by atoms with Crippen molar-refractivity contribution >= 4 is 17.7 Å². The largest absolute Gasteiger partial charge is 0.356 e. The first kappa shape index (κ1) is 18.7. The lowest BCUT2D eigenvalue weighted by atomic mass is 10.1. The normalized spacial score (nSPS) is 15.7. The van der Waals surface area contributed by atoms with E-state index in [1.807, 2.05) is 18.2 Å². The third-order valence-electron chi connectivity index (χ3n) is 4.48. The molecule has 1 N–H and O–H groups in total. The second kappa shape index (κ2) is 9.03. The number of nitrogens with one attached hydrogen (secondary N) is 1. The molecule has 1 aromatic heterocycles. The van der Waals surface area contributed by atoms with Gasteiger partial charge in [0, 0.05) is 30.5 Å². The molecule has 0 saturated carbocycles. The number of aromatic nitrogens is 2. The van der Waals surface area contributed by atoms with Gasteiger partial charge in [0.15, 0.2) is 5.16 Å². The number of carbonyl (C=O) groups excluding carboxylic acids is 1. The monoisotopic (exact) mass is 371 g/mol. The third-order valence-corrected chi connectivity index (χ3v) is 5.57. The fraction of sp³-hybridized carbons (Fsp3) is 0.450. The Bertz CT molecular complexity index is 804. The number of nitrogens with zero attached hydrogens (tertiary/aromatic N) is 2. The van der Waals surface area contributed by atoms with E-state index >= 15 is 0 Å². The van der Waals surface area contributed by atoms with Gasteiger partial charge >= 0.3 is 0 Å². The predicted molar refractivity (Wildman–Crippen MR) is 105 cm³/mol. The average molecular weight is 372 g/mol. The summed E-state index contributed by atoms with van der Waals surface area (Å²) in [6.45, 7) is 2.73. The highest BCUT2D eigenvalue weighted by Gasteiger charge is 2.27. The van der Waals surface area contributed by atoms with Gasteiger partial charge in [-0.3, -0.25) is 14.2 Å². The van der Waals surface area contributed by atoms with Crippen LogP contribution in [0, 0.1) is 0 Å². The first-order chi connectivity index (χ1) is 12.7. The maximum atomic E-state index is 12.4. The van der Waals surface area contributed by atoms with Crippen LogP contribution in [-0.4, -0.2) is 27.8 Å². The van der Waals surface area contributed by atoms with Crippen LogP contribution in [0.3, 0.4) is 0 Å². The highest BCUT2D eigenvalue weighted by atomic mass is 32.2. The standard InChI is InChI=1S/C20H25N3O2S/c1-2-7-16-12-19(25)23-17(14-26-20(23)22-16)13-18(24)21-11-6-10-15-8-4-3-5-9-15/h3-5,8-9,12,17H,2,6-7,10-11,13-14H2,1H3,(H,21,24). The Kier molecular flexibility index (Phi) is 6.50. The van der Waals surface area contributed by atoms with Crippen molar-refractivity contribution in [2.24, 2.45) is 0 Å². The van der Waals surface area contributed by atoms with Crippen LogP contribution in [0.25, 0.3) is 0 Å². The van der Waals surface area contributed by atoms with Gasteiger partial charge in [-0.05, 0) is 24.8 Å². The summed E-state index contributed by atoms with van der Waals surface area (Å²) in [5.41, 5.74) is 2.09. The van der Waals surface area contributed by atoms with Crippen molar-refractivity contribution in [1.29, 1.82) is 0 Å². The number of aryl methyl sites for hydroxylation is 2. The quantitative estimate of drug-likeness (QED) is 0.572. The molecule has 1 aliphatic heterocycles. The summed E-state index contributed by atoms with van der Waals surface area (Å²) in [6.07, 6.45) is 3.98. The van der Waals surface area contributed by atoms with Gasteiger partial charge in [-0.1, -0.05) is 55.4 Å². The minimum Gasteiger partial charge on any atom is -0.356 e. The number of thioether (sulfide) groups is 1. The molecule has 138 valence electrons. The van der Waals surface area contributed by atoms with Crippen molar-refractivity contribution in [3.05, 3.63) is 58.0 Å². The fourth-order valence-corrected chi connectivity index (χ4v) is 4.35. The van der Waals surface area contributed by atoms with Crippen LogP contribution in [0.2, 0.25) is 0 Å². The Morgan fingerprint density at radius 1 is 1.31 bits per heavy atom. The van der Waals surface area contributed by atoms with Crippen molar-refractivity contribution in [2.45, 2.75) is 50.2 Å². The van der Waals surface area contributed by atoms with Gasteiger partial charge in [-0.25, -0.2) is 4.98 Å². The molecular weight excluding hydrogens is 346 g/mol. The molecule has 5 nitrogen and oxygen atoms in total. The molecular formula is C20H25N3O2S. The molecule has 1 amide bonds. The first-order valence-corrected chi connectivity index (χ1v) is 10.2. The molecule has 3 rings (SSSR count). The van der Waals surface area contributed by atoms with Gasteiger partial charge in [-0.15, -0.1) is 0 Å². The Morgan fingerprint density at radius 3 is 2.88 bits per heavy atom. The molecule has 1 aromatic carbocycles. The van der Waals surface area contributed by atoms with Gasteiger partial charge in [0.25, 0.3) is 5.56 Å². The highest BCUT2D eigenvalue weighted by molar-refractivity contribution is 7.99. The summed E-state index contributed by atoms with van der Waals surface area (Å²) in [6, 6.07) is 11.8. The predicted octanol–water partition coefficient (Wildman–Crippen LogP) is 2.98. The van der Waals surface area contributed by atoms with E-state index in [0.717, 1.165) is 42.3 Å². The molecule has 2 heterocycles. The number of rotatable bonds is 8. The van der Waals surface area contributed by atoms with E-state index in [1.165, 1.54) is 5.56 Å². The van der Waals surface area contributed by atoms with Crippen LogP contribution >= 0.6 is 11.8 Å². The van der Waals surface area contributed by atoms with E-state index in [1.54, 1.807) is 22.4 Å². The van der Waals surface area contributed by atoms with Crippen molar-refractivity contribution in [2.75, 3.05) is 12.3 Å². The smallest absolute Gasteiger partial charge is 0.254 e. The SMILES string of the molecule is CCCc1cc(=O)n2c(n1)SCC2CC(=O)NCCCc1ccccc1. The van der Waals surface area contributed by atoms with Crippen LogP contribution in [0.15, 0.2) is 46.3 Å². The molecule has 0 spiro atoms. The second-order valence-corrected chi connectivity index (χ2v) is 7.58. The summed E-state index contributed by atoms with van der Waals surface area (Å²) in [7, 11) is 0. The third kappa shape index (κ3) is 4.75. The van der Waals surface area contributed by atoms with Gasteiger partial charge in [0.05, 0.1) is 6.04 Å². The van der Waals surface area contributed by atoms with Crippen LogP contribution < -0.4 is 10.9 Å². The zero-order valence-electron chi connectivity index (χ0n) is 15.1. The summed E-state index contributed by atoms with van der Waals surface area (Å²) < 4.78 is 1.69. The number of fused-ring (bicyclic) bond motifs is 1. The molecule has 0 bridgehead atoms. The minimum atomic E-state index is -0.0974. The van der Waals surface area contributed by atoms with Gasteiger partial charge in [-0.2, -0.15) is 0 Å². The molecule has 0 saturated heterocycles. The van der Waals surface area contributed by atoms with Crippen LogP contribution in [0.5, 0.6) is 0 Å². The number of hydrogen-bond donors (Lipinski definition) is 1. The number of carbonyl (C=O) groups is 1. The van der Waals surface area contributed by atoms with E-state index in [0.29, 0.717) is 13.0 Å². The highest BCUT2D eigenvalue weighted by Crippen LogP contribution is 2.32. The fourth-order valence-electron chi connectivity index (χ4n) is 3.18. The molecule has 1 unspecified atom stereocenters. The lowest BCUT2D eigenvalue weighted by Gasteiger charge is -2.13. The van der Waals surface area contributed by atoms with E-state index in [-0.39, 0.29) is 17.5 Å². The number of benzene rings is 1. The van der Waals surface area contributed by atoms with E-state index in [9.17, 15) is 9.59 Å². The first-order valence-electron chi connectivity index (χ1n) is 9.23. The molecule has 2 aromatic rings. The lowest BCUT2D eigenvalue weighted by Crippen LogP contribution is -2.31. The molecule has 1 atom stereocenters.